The molecule has 0 aliphatic rings. The minimum Gasteiger partial charge on any atom is -0.490 e. The molecule has 1 heterocycles. The molecule has 1 aromatic rings. The second kappa shape index (κ2) is 5.82. The zero-order valence-corrected chi connectivity index (χ0v) is 5.27. The molecule has 1 N–H and O–H groups in total. The molecule has 0 aliphatic carbocycles. The first kappa shape index (κ1) is 8.68. The smallest absolute Gasteiger partial charge is 0.233 e. The van der Waals surface area contributed by atoms with Crippen LogP contribution in [0.1, 0.15) is 0 Å². The maximum Gasteiger partial charge on any atom is 0.233 e. The fraction of sp³-hybridized carbons (Fsp3) is 0. The van der Waals surface area contributed by atoms with Crippen molar-refractivity contribution in [3.05, 3.63) is 30.6 Å². The highest BCUT2D eigenvalue weighted by molar-refractivity contribution is 6.54. The average molecular weight is 135 g/mol. The van der Waals surface area contributed by atoms with Crippen LogP contribution in [0.3, 0.4) is 0 Å². The average Bonchev–Trinajstić information content (AvgIpc) is 1.90. The largest absolute Gasteiger partial charge is 0.490 e. The van der Waals surface area contributed by atoms with Crippen molar-refractivity contribution in [1.82, 2.24) is 4.98 Å². The monoisotopic (exact) mass is 135 g/mol. The van der Waals surface area contributed by atoms with E-state index in [4.69, 9.17) is 9.90 Å². The first-order valence-electron chi connectivity index (χ1n) is 2.57. The Hall–Kier alpha value is -1.32. The van der Waals surface area contributed by atoms with Crippen LogP contribution in [-0.2, 0) is 0 Å². The van der Waals surface area contributed by atoms with Crippen molar-refractivity contribution >= 4 is 13.7 Å². The Morgan fingerprint density at radius 3 is 1.80 bits per heavy atom. The summed E-state index contributed by atoms with van der Waals surface area (Å²) in [5.41, 5.74) is 0. The highest BCUT2D eigenvalue weighted by Gasteiger charge is 1.66. The molecule has 0 unspecified atom stereocenters. The van der Waals surface area contributed by atoms with Crippen molar-refractivity contribution in [3.63, 3.8) is 0 Å². The number of hydrogen-bond donors (Lipinski definition) is 1. The number of pyridine rings is 1. The molecule has 50 valence electrons. The lowest BCUT2D eigenvalue weighted by Gasteiger charge is -1.70. The standard InChI is InChI=1S/C5H5N.CHBO2/c1-2-4-6-5-3-1;2-1(3)4/h1-5H;(H,3,4). The van der Waals surface area contributed by atoms with Gasteiger partial charge in [0.2, 0.25) is 13.7 Å². The summed E-state index contributed by atoms with van der Waals surface area (Å²) >= 11 is 0. The molecule has 0 bridgehead atoms. The summed E-state index contributed by atoms with van der Waals surface area (Å²) in [6, 6.07) is 5.72. The summed E-state index contributed by atoms with van der Waals surface area (Å²) in [5.74, 6) is -1.33. The molecular weight excluding hydrogens is 129 g/mol. The van der Waals surface area contributed by atoms with Gasteiger partial charge in [-0.1, -0.05) is 6.07 Å². The fourth-order valence-electron chi connectivity index (χ4n) is 0.313. The van der Waals surface area contributed by atoms with Gasteiger partial charge >= 0.3 is 0 Å². The van der Waals surface area contributed by atoms with Crippen LogP contribution in [0, 0.1) is 0 Å². The fourth-order valence-corrected chi connectivity index (χ4v) is 0.313. The third-order valence-corrected chi connectivity index (χ3v) is 0.566. The van der Waals surface area contributed by atoms with Gasteiger partial charge < -0.3 is 5.11 Å². The van der Waals surface area contributed by atoms with Crippen molar-refractivity contribution in [2.75, 3.05) is 0 Å². The third kappa shape index (κ3) is 9.84. The summed E-state index contributed by atoms with van der Waals surface area (Å²) in [4.78, 5) is 12.6. The van der Waals surface area contributed by atoms with Crippen LogP contribution < -0.4 is 0 Å². The normalized spacial score (nSPS) is 7.20. The van der Waals surface area contributed by atoms with Gasteiger partial charge in [-0.3, -0.25) is 9.78 Å². The van der Waals surface area contributed by atoms with Crippen molar-refractivity contribution in [2.24, 2.45) is 0 Å². The topological polar surface area (TPSA) is 50.2 Å². The van der Waals surface area contributed by atoms with Gasteiger partial charge in [0.1, 0.15) is 0 Å². The second-order valence-electron chi connectivity index (χ2n) is 1.36. The van der Waals surface area contributed by atoms with Crippen molar-refractivity contribution in [1.29, 1.82) is 0 Å². The Balaban J connectivity index is 0.000000180. The highest BCUT2D eigenvalue weighted by Crippen LogP contribution is 1.73. The summed E-state index contributed by atoms with van der Waals surface area (Å²) in [5, 5.41) is 7.19. The molecule has 0 saturated heterocycles. The lowest BCUT2D eigenvalue weighted by atomic mass is 10.2. The minimum atomic E-state index is -1.33. The van der Waals surface area contributed by atoms with E-state index in [0.717, 1.165) is 0 Å². The van der Waals surface area contributed by atoms with Crippen LogP contribution in [0.25, 0.3) is 0 Å². The van der Waals surface area contributed by atoms with Gasteiger partial charge in [0.05, 0.1) is 0 Å². The van der Waals surface area contributed by atoms with E-state index in [0.29, 0.717) is 0 Å². The van der Waals surface area contributed by atoms with Gasteiger partial charge in [0, 0.05) is 12.4 Å². The summed E-state index contributed by atoms with van der Waals surface area (Å²) in [7, 11) is 4.03. The summed E-state index contributed by atoms with van der Waals surface area (Å²) in [6.45, 7) is 0. The van der Waals surface area contributed by atoms with Crippen LogP contribution in [0.2, 0.25) is 0 Å². The molecule has 0 fully saturated rings. The number of carboxylic acid groups (broad SMARTS) is 1. The van der Waals surface area contributed by atoms with Crippen molar-refractivity contribution in [2.45, 2.75) is 0 Å². The molecule has 4 heteroatoms. The molecule has 0 saturated carbocycles. The highest BCUT2D eigenvalue weighted by atomic mass is 16.4. The first-order chi connectivity index (χ1) is 4.73. The molecule has 0 aliphatic heterocycles. The van der Waals surface area contributed by atoms with Crippen LogP contribution in [0.4, 0.5) is 4.79 Å². The second-order valence-corrected chi connectivity index (χ2v) is 1.36. The third-order valence-electron chi connectivity index (χ3n) is 0.566. The Labute approximate surface area is 60.1 Å². The predicted octanol–water partition coefficient (Wildman–Crippen LogP) is 0.914. The van der Waals surface area contributed by atoms with Gasteiger partial charge in [-0.25, -0.2) is 0 Å². The number of rotatable bonds is 0. The summed E-state index contributed by atoms with van der Waals surface area (Å²) < 4.78 is 0. The Kier molecular flexibility index (Phi) is 5.05. The number of aromatic nitrogens is 1. The number of hydrogen-bond acceptors (Lipinski definition) is 2. The maximum absolute atomic E-state index is 8.78. The lowest BCUT2D eigenvalue weighted by Crippen LogP contribution is -1.83. The quantitative estimate of drug-likeness (QED) is 0.538. The van der Waals surface area contributed by atoms with Gasteiger partial charge in [-0.2, -0.15) is 0 Å². The van der Waals surface area contributed by atoms with Gasteiger partial charge in [0.25, 0.3) is 0 Å². The molecule has 1 aromatic heterocycles. The van der Waals surface area contributed by atoms with E-state index in [1.54, 1.807) is 12.4 Å². The molecule has 10 heavy (non-hydrogen) atoms. The molecule has 1 rings (SSSR count). The number of carbonyl (C=O) groups is 1. The Bertz CT molecular complexity index is 148. The molecule has 0 aromatic carbocycles. The predicted molar refractivity (Wildman–Crippen MR) is 38.0 cm³/mol. The van der Waals surface area contributed by atoms with Crippen molar-refractivity contribution in [3.8, 4) is 0 Å². The zero-order valence-electron chi connectivity index (χ0n) is 5.27. The number of nitrogens with zero attached hydrogens (tertiary/aromatic N) is 1. The van der Waals surface area contributed by atoms with Crippen LogP contribution in [0.5, 0.6) is 0 Å². The van der Waals surface area contributed by atoms with E-state index in [1.807, 2.05) is 18.2 Å². The van der Waals surface area contributed by atoms with Crippen LogP contribution >= 0.6 is 0 Å². The van der Waals surface area contributed by atoms with E-state index in [-0.39, 0.29) is 0 Å². The first-order valence-corrected chi connectivity index (χ1v) is 2.57. The Morgan fingerprint density at radius 2 is 1.70 bits per heavy atom. The van der Waals surface area contributed by atoms with Gasteiger partial charge in [-0.15, -0.1) is 0 Å². The van der Waals surface area contributed by atoms with Crippen molar-refractivity contribution < 1.29 is 9.90 Å². The molecule has 0 spiro atoms. The van der Waals surface area contributed by atoms with Crippen LogP contribution in [-0.4, -0.2) is 23.8 Å². The maximum atomic E-state index is 8.78. The Morgan fingerprint density at radius 1 is 1.30 bits per heavy atom. The van der Waals surface area contributed by atoms with Gasteiger partial charge in [0.15, 0.2) is 0 Å². The molecule has 3 nitrogen and oxygen atoms in total. The molecule has 0 amide bonds. The minimum absolute atomic E-state index is 1.33. The van der Waals surface area contributed by atoms with Gasteiger partial charge in [-0.05, 0) is 12.1 Å². The van der Waals surface area contributed by atoms with E-state index in [9.17, 15) is 0 Å². The molecule has 0 atom stereocenters. The van der Waals surface area contributed by atoms with E-state index < -0.39 is 5.87 Å². The van der Waals surface area contributed by atoms with Crippen LogP contribution in [0.15, 0.2) is 30.6 Å². The molecule has 2 radical (unpaired) electrons. The lowest BCUT2D eigenvalue weighted by molar-refractivity contribution is 0.220. The summed E-state index contributed by atoms with van der Waals surface area (Å²) in [6.07, 6.45) is 3.50. The van der Waals surface area contributed by atoms with E-state index >= 15 is 0 Å². The zero-order chi connectivity index (χ0) is 7.82. The van der Waals surface area contributed by atoms with E-state index in [2.05, 4.69) is 12.8 Å². The van der Waals surface area contributed by atoms with E-state index in [1.165, 1.54) is 0 Å². The SMILES string of the molecule is [B]C(=O)O.c1ccncc1. The molecular formula is C6H6BNO2.